The van der Waals surface area contributed by atoms with Crippen molar-refractivity contribution in [2.75, 3.05) is 10.6 Å². The van der Waals surface area contributed by atoms with Crippen molar-refractivity contribution in [3.8, 4) is 11.5 Å². The maximum absolute atomic E-state index is 11.7. The van der Waals surface area contributed by atoms with E-state index in [1.165, 1.54) is 13.8 Å². The van der Waals surface area contributed by atoms with Crippen LogP contribution >= 0.6 is 0 Å². The Balaban J connectivity index is 1.74. The van der Waals surface area contributed by atoms with Crippen LogP contribution in [0.25, 0.3) is 22.6 Å². The zero-order valence-corrected chi connectivity index (χ0v) is 15.9. The second-order valence-electron chi connectivity index (χ2n) is 6.63. The van der Waals surface area contributed by atoms with E-state index in [1.54, 1.807) is 42.5 Å². The SMILES string of the molecule is CC(=O)CC(=O)Nc1ccc(-c2nc3cc(NC(=O)CC(C)=O)ccc3o2)cc1. The highest BCUT2D eigenvalue weighted by Crippen LogP contribution is 2.27. The molecule has 8 heteroatoms. The molecular formula is C21H19N3O5. The van der Waals surface area contributed by atoms with Crippen molar-refractivity contribution in [2.45, 2.75) is 26.7 Å². The normalized spacial score (nSPS) is 10.6. The summed E-state index contributed by atoms with van der Waals surface area (Å²) in [5, 5.41) is 5.29. The molecular weight excluding hydrogens is 374 g/mol. The topological polar surface area (TPSA) is 118 Å². The summed E-state index contributed by atoms with van der Waals surface area (Å²) in [6, 6.07) is 11.9. The molecule has 2 amide bonds. The monoisotopic (exact) mass is 393 g/mol. The van der Waals surface area contributed by atoms with E-state index in [1.807, 2.05) is 0 Å². The average Bonchev–Trinajstić information content (AvgIpc) is 3.04. The summed E-state index contributed by atoms with van der Waals surface area (Å²) in [7, 11) is 0. The number of nitrogens with one attached hydrogen (secondary N) is 2. The summed E-state index contributed by atoms with van der Waals surface area (Å²) in [6.45, 7) is 2.71. The second-order valence-corrected chi connectivity index (χ2v) is 6.63. The van der Waals surface area contributed by atoms with Crippen molar-refractivity contribution >= 4 is 45.9 Å². The zero-order valence-electron chi connectivity index (χ0n) is 15.9. The van der Waals surface area contributed by atoms with Crippen LogP contribution in [0, 0.1) is 0 Å². The number of hydrogen-bond acceptors (Lipinski definition) is 6. The Kier molecular flexibility index (Phi) is 5.82. The van der Waals surface area contributed by atoms with E-state index < -0.39 is 0 Å². The summed E-state index contributed by atoms with van der Waals surface area (Å²) < 4.78 is 5.74. The summed E-state index contributed by atoms with van der Waals surface area (Å²) in [6.07, 6.45) is -0.352. The number of benzene rings is 2. The molecule has 2 aromatic carbocycles. The van der Waals surface area contributed by atoms with Crippen molar-refractivity contribution in [1.82, 2.24) is 4.98 Å². The van der Waals surface area contributed by atoms with Crippen LogP contribution in [0.15, 0.2) is 46.9 Å². The summed E-state index contributed by atoms with van der Waals surface area (Å²) in [5.74, 6) is -0.793. The Morgan fingerprint density at radius 3 is 1.97 bits per heavy atom. The minimum absolute atomic E-state index is 0.168. The number of nitrogens with zero attached hydrogens (tertiary/aromatic N) is 1. The molecule has 0 spiro atoms. The molecule has 0 aliphatic rings. The summed E-state index contributed by atoms with van der Waals surface area (Å²) in [5.41, 5.74) is 2.88. The molecule has 0 atom stereocenters. The Morgan fingerprint density at radius 2 is 1.38 bits per heavy atom. The first-order valence-corrected chi connectivity index (χ1v) is 8.90. The van der Waals surface area contributed by atoms with Crippen molar-refractivity contribution in [3.63, 3.8) is 0 Å². The molecule has 0 aliphatic carbocycles. The molecule has 2 N–H and O–H groups in total. The van der Waals surface area contributed by atoms with Crippen LogP contribution < -0.4 is 10.6 Å². The Hall–Kier alpha value is -3.81. The van der Waals surface area contributed by atoms with Gasteiger partial charge in [-0.25, -0.2) is 4.98 Å². The van der Waals surface area contributed by atoms with E-state index in [-0.39, 0.29) is 36.2 Å². The fourth-order valence-electron chi connectivity index (χ4n) is 2.69. The summed E-state index contributed by atoms with van der Waals surface area (Å²) in [4.78, 5) is 49.8. The van der Waals surface area contributed by atoms with Crippen LogP contribution in [-0.2, 0) is 19.2 Å². The third kappa shape index (κ3) is 5.35. The minimum Gasteiger partial charge on any atom is -0.436 e. The number of ketones is 2. The molecule has 1 heterocycles. The van der Waals surface area contributed by atoms with Gasteiger partial charge in [-0.15, -0.1) is 0 Å². The van der Waals surface area contributed by atoms with Gasteiger partial charge in [0.2, 0.25) is 17.7 Å². The molecule has 0 saturated heterocycles. The van der Waals surface area contributed by atoms with Gasteiger partial charge in [-0.3, -0.25) is 19.2 Å². The number of oxazole rings is 1. The lowest BCUT2D eigenvalue weighted by atomic mass is 10.2. The lowest BCUT2D eigenvalue weighted by molar-refractivity contribution is -0.125. The number of amides is 2. The molecule has 3 aromatic rings. The predicted octanol–water partition coefficient (Wildman–Crippen LogP) is 3.33. The van der Waals surface area contributed by atoms with Gasteiger partial charge in [0.15, 0.2) is 5.58 Å². The van der Waals surface area contributed by atoms with E-state index in [2.05, 4.69) is 15.6 Å². The average molecular weight is 393 g/mol. The predicted molar refractivity (Wildman–Crippen MR) is 107 cm³/mol. The molecule has 8 nitrogen and oxygen atoms in total. The third-order valence-electron chi connectivity index (χ3n) is 3.91. The van der Waals surface area contributed by atoms with Crippen molar-refractivity contribution in [1.29, 1.82) is 0 Å². The van der Waals surface area contributed by atoms with Gasteiger partial charge in [0.1, 0.15) is 17.1 Å². The van der Waals surface area contributed by atoms with Gasteiger partial charge < -0.3 is 15.1 Å². The van der Waals surface area contributed by atoms with Gasteiger partial charge >= 0.3 is 0 Å². The van der Waals surface area contributed by atoms with Crippen LogP contribution in [0.4, 0.5) is 11.4 Å². The lowest BCUT2D eigenvalue weighted by Crippen LogP contribution is -2.14. The van der Waals surface area contributed by atoms with Crippen molar-refractivity contribution in [2.24, 2.45) is 0 Å². The highest BCUT2D eigenvalue weighted by molar-refractivity contribution is 6.04. The molecule has 0 aliphatic heterocycles. The van der Waals surface area contributed by atoms with Crippen LogP contribution in [0.2, 0.25) is 0 Å². The first-order chi connectivity index (χ1) is 13.8. The van der Waals surface area contributed by atoms with E-state index in [9.17, 15) is 19.2 Å². The highest BCUT2D eigenvalue weighted by atomic mass is 16.3. The molecule has 148 valence electrons. The van der Waals surface area contributed by atoms with Crippen molar-refractivity contribution < 1.29 is 23.6 Å². The molecule has 0 unspecified atom stereocenters. The number of carbonyl (C=O) groups excluding carboxylic acids is 4. The first kappa shape index (κ1) is 19.9. The van der Waals surface area contributed by atoms with Gasteiger partial charge in [0, 0.05) is 16.9 Å². The summed E-state index contributed by atoms with van der Waals surface area (Å²) >= 11 is 0. The second kappa shape index (κ2) is 8.47. The quantitative estimate of drug-likeness (QED) is 0.595. The maximum atomic E-state index is 11.7. The van der Waals surface area contributed by atoms with Gasteiger partial charge in [-0.05, 0) is 56.3 Å². The number of Topliss-reactive ketones (excluding diaryl/α,β-unsaturated/α-hetero) is 2. The van der Waals surface area contributed by atoms with Crippen LogP contribution in [0.5, 0.6) is 0 Å². The molecule has 0 saturated carbocycles. The van der Waals surface area contributed by atoms with Crippen LogP contribution in [0.1, 0.15) is 26.7 Å². The molecule has 1 aromatic heterocycles. The Bertz CT molecular complexity index is 1100. The minimum atomic E-state index is -0.386. The first-order valence-electron chi connectivity index (χ1n) is 8.90. The van der Waals surface area contributed by atoms with Crippen LogP contribution in [0.3, 0.4) is 0 Å². The largest absolute Gasteiger partial charge is 0.436 e. The smallest absolute Gasteiger partial charge is 0.231 e. The van der Waals surface area contributed by atoms with E-state index >= 15 is 0 Å². The Labute approximate surface area is 166 Å². The van der Waals surface area contributed by atoms with E-state index in [0.29, 0.717) is 33.9 Å². The van der Waals surface area contributed by atoms with Gasteiger partial charge in [0.25, 0.3) is 0 Å². The molecule has 0 fully saturated rings. The van der Waals surface area contributed by atoms with Gasteiger partial charge in [0.05, 0.1) is 12.8 Å². The molecule has 0 radical (unpaired) electrons. The molecule has 0 bridgehead atoms. The number of anilines is 2. The Morgan fingerprint density at radius 1 is 0.828 bits per heavy atom. The highest BCUT2D eigenvalue weighted by Gasteiger charge is 2.12. The maximum Gasteiger partial charge on any atom is 0.231 e. The number of carbonyl (C=O) groups is 4. The third-order valence-corrected chi connectivity index (χ3v) is 3.91. The molecule has 3 rings (SSSR count). The fourth-order valence-corrected chi connectivity index (χ4v) is 2.69. The fraction of sp³-hybridized carbons (Fsp3) is 0.190. The number of hydrogen-bond donors (Lipinski definition) is 2. The number of rotatable bonds is 7. The molecule has 29 heavy (non-hydrogen) atoms. The standard InChI is InChI=1S/C21H19N3O5/c1-12(25)9-19(27)22-15-5-3-14(4-6-15)21-24-17-11-16(7-8-18(17)29-21)23-20(28)10-13(2)26/h3-8,11H,9-10H2,1-2H3,(H,22,27)(H,23,28). The lowest BCUT2D eigenvalue weighted by Gasteiger charge is -2.04. The van der Waals surface area contributed by atoms with E-state index in [4.69, 9.17) is 4.42 Å². The van der Waals surface area contributed by atoms with E-state index in [0.717, 1.165) is 0 Å². The van der Waals surface area contributed by atoms with Crippen molar-refractivity contribution in [3.05, 3.63) is 42.5 Å². The van der Waals surface area contributed by atoms with Gasteiger partial charge in [-0.1, -0.05) is 0 Å². The number of aromatic nitrogens is 1. The van der Waals surface area contributed by atoms with Crippen LogP contribution in [-0.4, -0.2) is 28.4 Å². The number of fused-ring (bicyclic) bond motifs is 1. The van der Waals surface area contributed by atoms with Gasteiger partial charge in [-0.2, -0.15) is 0 Å². The zero-order chi connectivity index (χ0) is 21.0.